The average molecular weight is 350 g/mol. The first kappa shape index (κ1) is 17.8. The van der Waals surface area contributed by atoms with Crippen LogP contribution in [-0.4, -0.2) is 26.1 Å². The lowest BCUT2D eigenvalue weighted by Gasteiger charge is -2.02. The van der Waals surface area contributed by atoms with Gasteiger partial charge in [-0.3, -0.25) is 14.7 Å². The highest BCUT2D eigenvalue weighted by atomic mass is 16.5. The summed E-state index contributed by atoms with van der Waals surface area (Å²) in [7, 11) is 0. The van der Waals surface area contributed by atoms with Crippen LogP contribution in [0.25, 0.3) is 11.3 Å². The Morgan fingerprint density at radius 3 is 2.69 bits per heavy atom. The summed E-state index contributed by atoms with van der Waals surface area (Å²) in [6, 6.07) is 17.4. The highest BCUT2D eigenvalue weighted by Gasteiger charge is 2.08. The Morgan fingerprint density at radius 2 is 1.88 bits per heavy atom. The fraction of sp³-hybridized carbons (Fsp3) is 0.250. The number of aromatic nitrogens is 3. The van der Waals surface area contributed by atoms with Crippen molar-refractivity contribution in [1.29, 1.82) is 0 Å². The molecule has 0 spiro atoms. The van der Waals surface area contributed by atoms with Crippen molar-refractivity contribution < 1.29 is 10.0 Å². The van der Waals surface area contributed by atoms with Crippen LogP contribution in [0, 0.1) is 0 Å². The van der Waals surface area contributed by atoms with Crippen molar-refractivity contribution in [2.75, 3.05) is 0 Å². The number of hydrogen-bond acceptors (Lipinski definition) is 4. The molecule has 2 N–H and O–H groups in total. The second kappa shape index (κ2) is 8.92. The van der Waals surface area contributed by atoms with E-state index in [0.29, 0.717) is 11.3 Å². The molecule has 0 saturated heterocycles. The molecule has 26 heavy (non-hydrogen) atoms. The minimum Gasteiger partial charge on any atom is -0.288 e. The smallest absolute Gasteiger partial charge is 0.274 e. The van der Waals surface area contributed by atoms with Crippen molar-refractivity contribution in [2.45, 2.75) is 32.2 Å². The third-order valence-electron chi connectivity index (χ3n) is 4.26. The largest absolute Gasteiger partial charge is 0.288 e. The topological polar surface area (TPSA) is 80.0 Å². The predicted molar refractivity (Wildman–Crippen MR) is 98.7 cm³/mol. The first-order valence-electron chi connectivity index (χ1n) is 8.75. The van der Waals surface area contributed by atoms with Crippen molar-refractivity contribution in [3.05, 3.63) is 71.9 Å². The molecular weight excluding hydrogens is 328 g/mol. The lowest BCUT2D eigenvalue weighted by Crippen LogP contribution is -2.18. The summed E-state index contributed by atoms with van der Waals surface area (Å²) in [5, 5.41) is 17.1. The van der Waals surface area contributed by atoms with Gasteiger partial charge in [-0.15, -0.1) is 5.10 Å². The SMILES string of the molecule is O=C(NO)c1cccc(-c2cn(CCCCCc3ccccc3)nn2)c1. The molecule has 0 saturated carbocycles. The van der Waals surface area contributed by atoms with E-state index < -0.39 is 5.91 Å². The second-order valence-corrected chi connectivity index (χ2v) is 6.18. The van der Waals surface area contributed by atoms with E-state index in [4.69, 9.17) is 5.21 Å². The number of amides is 1. The van der Waals surface area contributed by atoms with E-state index in [2.05, 4.69) is 34.6 Å². The number of hydroxylamine groups is 1. The number of nitrogens with zero attached hydrogens (tertiary/aromatic N) is 3. The molecule has 0 fully saturated rings. The minimum atomic E-state index is -0.544. The first-order chi connectivity index (χ1) is 12.8. The van der Waals surface area contributed by atoms with E-state index in [1.807, 2.05) is 23.0 Å². The van der Waals surface area contributed by atoms with Crippen LogP contribution in [-0.2, 0) is 13.0 Å². The van der Waals surface area contributed by atoms with E-state index in [1.54, 1.807) is 23.7 Å². The van der Waals surface area contributed by atoms with E-state index in [-0.39, 0.29) is 0 Å². The number of carbonyl (C=O) groups is 1. The van der Waals surface area contributed by atoms with Gasteiger partial charge in [0.2, 0.25) is 0 Å². The van der Waals surface area contributed by atoms with Gasteiger partial charge in [-0.25, -0.2) is 5.48 Å². The summed E-state index contributed by atoms with van der Waals surface area (Å²) in [6.45, 7) is 0.818. The van der Waals surface area contributed by atoms with Gasteiger partial charge in [0.1, 0.15) is 5.69 Å². The van der Waals surface area contributed by atoms with Crippen molar-refractivity contribution in [3.63, 3.8) is 0 Å². The third kappa shape index (κ3) is 4.77. The number of benzene rings is 2. The van der Waals surface area contributed by atoms with Gasteiger partial charge < -0.3 is 0 Å². The maximum atomic E-state index is 11.5. The molecule has 1 amide bonds. The van der Waals surface area contributed by atoms with Crippen LogP contribution >= 0.6 is 0 Å². The van der Waals surface area contributed by atoms with Crippen molar-refractivity contribution >= 4 is 5.91 Å². The van der Waals surface area contributed by atoms with Crippen LogP contribution in [0.5, 0.6) is 0 Å². The highest BCUT2D eigenvalue weighted by molar-refractivity contribution is 5.94. The van der Waals surface area contributed by atoms with E-state index in [0.717, 1.165) is 37.8 Å². The molecule has 6 heteroatoms. The predicted octanol–water partition coefficient (Wildman–Crippen LogP) is 3.48. The van der Waals surface area contributed by atoms with Crippen molar-refractivity contribution in [2.24, 2.45) is 0 Å². The van der Waals surface area contributed by atoms with E-state index >= 15 is 0 Å². The van der Waals surface area contributed by atoms with Crippen molar-refractivity contribution in [1.82, 2.24) is 20.5 Å². The molecule has 0 radical (unpaired) electrons. The lowest BCUT2D eigenvalue weighted by molar-refractivity contribution is 0.0706. The van der Waals surface area contributed by atoms with Gasteiger partial charge in [-0.1, -0.05) is 54.1 Å². The Morgan fingerprint density at radius 1 is 1.04 bits per heavy atom. The molecule has 0 aliphatic carbocycles. The fourth-order valence-electron chi connectivity index (χ4n) is 2.85. The normalized spacial score (nSPS) is 10.7. The fourth-order valence-corrected chi connectivity index (χ4v) is 2.85. The number of rotatable bonds is 8. The highest BCUT2D eigenvalue weighted by Crippen LogP contribution is 2.18. The second-order valence-electron chi connectivity index (χ2n) is 6.18. The molecule has 3 aromatic rings. The van der Waals surface area contributed by atoms with E-state index in [1.165, 1.54) is 5.56 Å². The van der Waals surface area contributed by atoms with Crippen LogP contribution in [0.15, 0.2) is 60.8 Å². The molecule has 3 rings (SSSR count). The van der Waals surface area contributed by atoms with Crippen LogP contribution in [0.1, 0.15) is 35.2 Å². The molecule has 0 aliphatic rings. The number of aryl methyl sites for hydroxylation is 2. The van der Waals surface area contributed by atoms with Gasteiger partial charge in [0.15, 0.2) is 0 Å². The molecular formula is C20H22N4O2. The van der Waals surface area contributed by atoms with Crippen LogP contribution in [0.4, 0.5) is 0 Å². The molecule has 0 aliphatic heterocycles. The van der Waals surface area contributed by atoms with E-state index in [9.17, 15) is 4.79 Å². The monoisotopic (exact) mass is 350 g/mol. The molecule has 0 unspecified atom stereocenters. The van der Waals surface area contributed by atoms with Gasteiger partial charge in [0.25, 0.3) is 5.91 Å². The van der Waals surface area contributed by atoms with Gasteiger partial charge in [-0.05, 0) is 37.0 Å². The Labute approximate surface area is 152 Å². The molecule has 0 atom stereocenters. The summed E-state index contributed by atoms with van der Waals surface area (Å²) in [4.78, 5) is 11.5. The molecule has 0 bridgehead atoms. The number of carbonyl (C=O) groups excluding carboxylic acids is 1. The molecule has 1 heterocycles. The van der Waals surface area contributed by atoms with Crippen LogP contribution < -0.4 is 5.48 Å². The summed E-state index contributed by atoms with van der Waals surface area (Å²) < 4.78 is 1.83. The Bertz CT molecular complexity index is 846. The van der Waals surface area contributed by atoms with Crippen molar-refractivity contribution in [3.8, 4) is 11.3 Å². The van der Waals surface area contributed by atoms with Crippen LogP contribution in [0.2, 0.25) is 0 Å². The number of unbranched alkanes of at least 4 members (excludes halogenated alkanes) is 2. The third-order valence-corrected chi connectivity index (χ3v) is 4.26. The Balaban J connectivity index is 1.49. The Hall–Kier alpha value is -2.99. The molecule has 1 aromatic heterocycles. The van der Waals surface area contributed by atoms with Gasteiger partial charge in [0.05, 0.1) is 6.20 Å². The molecule has 6 nitrogen and oxygen atoms in total. The maximum absolute atomic E-state index is 11.5. The quantitative estimate of drug-likeness (QED) is 0.370. The zero-order valence-electron chi connectivity index (χ0n) is 14.5. The number of nitrogens with one attached hydrogen (secondary N) is 1. The average Bonchev–Trinajstić information content (AvgIpc) is 3.17. The standard InChI is InChI=1S/C20H22N4O2/c25-20(22-26)18-12-7-11-17(14-18)19-15-24(23-21-19)13-6-2-5-10-16-8-3-1-4-9-16/h1,3-4,7-9,11-12,14-15,26H,2,5-6,10,13H2,(H,22,25). The summed E-state index contributed by atoms with van der Waals surface area (Å²) in [6.07, 6.45) is 6.32. The molecule has 134 valence electrons. The minimum absolute atomic E-state index is 0.375. The number of hydrogen-bond donors (Lipinski definition) is 2. The lowest BCUT2D eigenvalue weighted by atomic mass is 10.1. The molecule has 2 aromatic carbocycles. The summed E-state index contributed by atoms with van der Waals surface area (Å²) >= 11 is 0. The zero-order chi connectivity index (χ0) is 18.2. The Kier molecular flexibility index (Phi) is 6.11. The van der Waals surface area contributed by atoms with Gasteiger partial charge in [-0.2, -0.15) is 0 Å². The van der Waals surface area contributed by atoms with Gasteiger partial charge >= 0.3 is 0 Å². The first-order valence-corrected chi connectivity index (χ1v) is 8.75. The van der Waals surface area contributed by atoms with Crippen LogP contribution in [0.3, 0.4) is 0 Å². The summed E-state index contributed by atoms with van der Waals surface area (Å²) in [5.41, 5.74) is 4.89. The van der Waals surface area contributed by atoms with Gasteiger partial charge in [0, 0.05) is 17.7 Å². The summed E-state index contributed by atoms with van der Waals surface area (Å²) in [5.74, 6) is -0.544. The zero-order valence-corrected chi connectivity index (χ0v) is 14.5. The maximum Gasteiger partial charge on any atom is 0.274 e.